The van der Waals surface area contributed by atoms with Gasteiger partial charge in [-0.2, -0.15) is 0 Å². The number of hydrogen-bond donors (Lipinski definition) is 1. The monoisotopic (exact) mass is 511 g/mol. The molecule has 3 aromatic heterocycles. The van der Waals surface area contributed by atoms with Crippen molar-refractivity contribution < 1.29 is 4.42 Å². The van der Waals surface area contributed by atoms with Crippen molar-refractivity contribution >= 4 is 77.1 Å². The zero-order valence-corrected chi connectivity index (χ0v) is 21.3. The number of aromatic nitrogens is 1. The molecule has 4 heterocycles. The second kappa shape index (κ2) is 7.19. The fourth-order valence-corrected chi connectivity index (χ4v) is 6.89. The molecule has 0 spiro atoms. The first-order chi connectivity index (χ1) is 19.8. The van der Waals surface area contributed by atoms with Crippen LogP contribution in [0, 0.1) is 0 Å². The molecule has 8 aromatic rings. The van der Waals surface area contributed by atoms with Gasteiger partial charge in [0.2, 0.25) is 0 Å². The van der Waals surface area contributed by atoms with Crippen LogP contribution in [0.3, 0.4) is 0 Å². The number of furan rings is 1. The lowest BCUT2D eigenvalue weighted by atomic mass is 9.99. The van der Waals surface area contributed by atoms with E-state index < -0.39 is 0 Å². The maximum absolute atomic E-state index is 6.55. The van der Waals surface area contributed by atoms with Gasteiger partial charge in [-0.05, 0) is 58.3 Å². The predicted molar refractivity (Wildman–Crippen MR) is 167 cm³/mol. The average molecular weight is 512 g/mol. The maximum atomic E-state index is 6.55. The Balaban J connectivity index is 1.28. The number of benzene rings is 5. The SMILES string of the molecule is C1=CC2=Nc3c(n4c5c3cccc5c3ccc5oc6cc(-c7ccc8ccccc8c7)ccc6c5c34)NC2C=C1. The van der Waals surface area contributed by atoms with E-state index >= 15 is 0 Å². The van der Waals surface area contributed by atoms with Crippen LogP contribution in [0.2, 0.25) is 0 Å². The normalized spacial score (nSPS) is 16.4. The fraction of sp³-hybridized carbons (Fsp3) is 0.0278. The van der Waals surface area contributed by atoms with Gasteiger partial charge in [-0.3, -0.25) is 4.40 Å². The number of allylic oxidation sites excluding steroid dienone is 2. The largest absolute Gasteiger partial charge is 0.456 e. The molecule has 40 heavy (non-hydrogen) atoms. The standard InChI is InChI=1S/C36H21N3O/c1-2-7-21-18-22(13-12-20(21)6-1)23-14-15-26-31(19-23)40-30-17-16-25-24-8-5-9-27-33-36(39(34(24)27)35(25)32(26)30)38-29-11-4-3-10-28(29)37-33/h1-19,29,38H. The molecule has 1 N–H and O–H groups in total. The van der Waals surface area contributed by atoms with Crippen molar-refractivity contribution in [3.05, 3.63) is 115 Å². The lowest BCUT2D eigenvalue weighted by molar-refractivity contribution is 0.669. The van der Waals surface area contributed by atoms with Crippen molar-refractivity contribution in [2.24, 2.45) is 4.99 Å². The molecule has 186 valence electrons. The van der Waals surface area contributed by atoms with Gasteiger partial charge in [0.1, 0.15) is 22.7 Å². The van der Waals surface area contributed by atoms with Gasteiger partial charge in [0.15, 0.2) is 0 Å². The highest BCUT2D eigenvalue weighted by Gasteiger charge is 2.29. The minimum absolute atomic E-state index is 0.0652. The van der Waals surface area contributed by atoms with Crippen LogP contribution in [0.5, 0.6) is 0 Å². The lowest BCUT2D eigenvalue weighted by Gasteiger charge is -2.23. The molecular weight excluding hydrogens is 490 g/mol. The van der Waals surface area contributed by atoms with Gasteiger partial charge in [0.05, 0.1) is 28.2 Å². The highest BCUT2D eigenvalue weighted by molar-refractivity contribution is 6.29. The quantitative estimate of drug-likeness (QED) is 0.238. The van der Waals surface area contributed by atoms with E-state index in [-0.39, 0.29) is 6.04 Å². The van der Waals surface area contributed by atoms with E-state index in [0.717, 1.165) is 44.7 Å². The lowest BCUT2D eigenvalue weighted by Crippen LogP contribution is -2.30. The summed E-state index contributed by atoms with van der Waals surface area (Å²) in [5.41, 5.74) is 8.57. The van der Waals surface area contributed by atoms with Gasteiger partial charge < -0.3 is 9.73 Å². The van der Waals surface area contributed by atoms with E-state index in [0.29, 0.717) is 0 Å². The number of aliphatic imine (C=N–C) groups is 1. The highest BCUT2D eigenvalue weighted by Crippen LogP contribution is 2.49. The minimum atomic E-state index is 0.0652. The Morgan fingerprint density at radius 3 is 2.48 bits per heavy atom. The Kier molecular flexibility index (Phi) is 3.70. The van der Waals surface area contributed by atoms with Crippen LogP contribution in [0.1, 0.15) is 0 Å². The molecule has 0 saturated heterocycles. The van der Waals surface area contributed by atoms with Crippen LogP contribution in [-0.2, 0) is 0 Å². The number of para-hydroxylation sites is 1. The third kappa shape index (κ3) is 2.53. The van der Waals surface area contributed by atoms with Gasteiger partial charge in [-0.15, -0.1) is 0 Å². The molecule has 1 aliphatic carbocycles. The van der Waals surface area contributed by atoms with Gasteiger partial charge >= 0.3 is 0 Å². The topological polar surface area (TPSA) is 41.9 Å². The molecule has 0 fully saturated rings. The van der Waals surface area contributed by atoms with E-state index in [2.05, 4.69) is 125 Å². The second-order valence-corrected chi connectivity index (χ2v) is 10.8. The summed E-state index contributed by atoms with van der Waals surface area (Å²) in [6, 6.07) is 32.7. The maximum Gasteiger partial charge on any atom is 0.139 e. The number of anilines is 1. The molecular formula is C36H21N3O. The van der Waals surface area contributed by atoms with Gasteiger partial charge in [0.25, 0.3) is 0 Å². The summed E-state index contributed by atoms with van der Waals surface area (Å²) in [5, 5.41) is 12.2. The van der Waals surface area contributed by atoms with Crippen molar-refractivity contribution in [1.82, 2.24) is 4.40 Å². The Bertz CT molecular complexity index is 2470. The summed E-state index contributed by atoms with van der Waals surface area (Å²) in [6.45, 7) is 0. The fourth-order valence-electron chi connectivity index (χ4n) is 6.89. The summed E-state index contributed by atoms with van der Waals surface area (Å²) in [6.07, 6.45) is 8.41. The third-order valence-electron chi connectivity index (χ3n) is 8.70. The first-order valence-corrected chi connectivity index (χ1v) is 13.7. The van der Waals surface area contributed by atoms with Crippen molar-refractivity contribution in [2.75, 3.05) is 5.32 Å². The minimum Gasteiger partial charge on any atom is -0.456 e. The zero-order valence-electron chi connectivity index (χ0n) is 21.3. The molecule has 4 nitrogen and oxygen atoms in total. The molecule has 4 heteroatoms. The Hall–Kier alpha value is -5.35. The Morgan fingerprint density at radius 2 is 1.50 bits per heavy atom. The van der Waals surface area contributed by atoms with Crippen molar-refractivity contribution in [3.63, 3.8) is 0 Å². The van der Waals surface area contributed by atoms with E-state index in [1.165, 1.54) is 43.5 Å². The molecule has 2 aliphatic rings. The summed E-state index contributed by atoms with van der Waals surface area (Å²) < 4.78 is 8.93. The Morgan fingerprint density at radius 1 is 0.675 bits per heavy atom. The number of fused-ring (bicyclic) bond motifs is 12. The van der Waals surface area contributed by atoms with Crippen LogP contribution < -0.4 is 5.32 Å². The molecule has 1 aliphatic heterocycles. The van der Waals surface area contributed by atoms with E-state index in [1.54, 1.807) is 0 Å². The molecule has 0 bridgehead atoms. The van der Waals surface area contributed by atoms with Crippen molar-refractivity contribution in [1.29, 1.82) is 0 Å². The van der Waals surface area contributed by atoms with Crippen LogP contribution in [0.25, 0.3) is 71.0 Å². The second-order valence-electron chi connectivity index (χ2n) is 10.8. The summed E-state index contributed by atoms with van der Waals surface area (Å²) in [5.74, 6) is 1.05. The van der Waals surface area contributed by atoms with Gasteiger partial charge in [-0.1, -0.05) is 78.9 Å². The number of nitrogens with one attached hydrogen (secondary N) is 1. The van der Waals surface area contributed by atoms with Gasteiger partial charge in [-0.25, -0.2) is 4.99 Å². The van der Waals surface area contributed by atoms with E-state index in [9.17, 15) is 0 Å². The van der Waals surface area contributed by atoms with Crippen LogP contribution in [0.15, 0.2) is 125 Å². The smallest absolute Gasteiger partial charge is 0.139 e. The molecule has 0 radical (unpaired) electrons. The summed E-state index contributed by atoms with van der Waals surface area (Å²) in [4.78, 5) is 5.13. The number of rotatable bonds is 1. The van der Waals surface area contributed by atoms with Gasteiger partial charge in [0, 0.05) is 21.5 Å². The average Bonchev–Trinajstić information content (AvgIpc) is 3.65. The first-order valence-electron chi connectivity index (χ1n) is 13.7. The molecule has 0 saturated carbocycles. The highest BCUT2D eigenvalue weighted by atomic mass is 16.3. The summed E-state index contributed by atoms with van der Waals surface area (Å²) in [7, 11) is 0. The Labute approximate surface area is 228 Å². The summed E-state index contributed by atoms with van der Waals surface area (Å²) >= 11 is 0. The van der Waals surface area contributed by atoms with Crippen molar-refractivity contribution in [3.8, 4) is 11.1 Å². The van der Waals surface area contributed by atoms with Crippen LogP contribution in [0.4, 0.5) is 11.5 Å². The van der Waals surface area contributed by atoms with Crippen LogP contribution in [-0.4, -0.2) is 16.2 Å². The van der Waals surface area contributed by atoms with Crippen molar-refractivity contribution in [2.45, 2.75) is 6.04 Å². The molecule has 1 unspecified atom stereocenters. The predicted octanol–water partition coefficient (Wildman–Crippen LogP) is 9.40. The zero-order chi connectivity index (χ0) is 25.9. The van der Waals surface area contributed by atoms with Crippen LogP contribution >= 0.6 is 0 Å². The number of nitrogens with zero attached hydrogens (tertiary/aromatic N) is 2. The first kappa shape index (κ1) is 20.6. The van der Waals surface area contributed by atoms with E-state index in [4.69, 9.17) is 9.41 Å². The third-order valence-corrected chi connectivity index (χ3v) is 8.70. The molecule has 0 amide bonds. The van der Waals surface area contributed by atoms with E-state index in [1.807, 2.05) is 0 Å². The molecule has 10 rings (SSSR count). The number of hydrogen-bond acceptors (Lipinski definition) is 3. The molecule has 5 aromatic carbocycles. The molecule has 1 atom stereocenters.